The Kier molecular flexibility index (Phi) is 5.93. The number of halogens is 1. The SMILES string of the molecule is CCCOC(=O)CCOc1cccc(Br)c1. The highest BCUT2D eigenvalue weighted by Crippen LogP contribution is 2.17. The second kappa shape index (κ2) is 7.28. The molecule has 1 rings (SSSR count). The van der Waals surface area contributed by atoms with Gasteiger partial charge in [-0.3, -0.25) is 4.79 Å². The van der Waals surface area contributed by atoms with Crippen molar-refractivity contribution in [2.45, 2.75) is 19.8 Å². The lowest BCUT2D eigenvalue weighted by Crippen LogP contribution is -2.10. The van der Waals surface area contributed by atoms with E-state index in [0.717, 1.165) is 16.6 Å². The quantitative estimate of drug-likeness (QED) is 0.754. The summed E-state index contributed by atoms with van der Waals surface area (Å²) in [4.78, 5) is 11.1. The van der Waals surface area contributed by atoms with Crippen molar-refractivity contribution >= 4 is 21.9 Å². The number of hydrogen-bond donors (Lipinski definition) is 0. The monoisotopic (exact) mass is 286 g/mol. The van der Waals surface area contributed by atoms with Gasteiger partial charge in [0, 0.05) is 4.47 Å². The summed E-state index contributed by atoms with van der Waals surface area (Å²) in [6.07, 6.45) is 1.13. The number of esters is 1. The lowest BCUT2D eigenvalue weighted by Gasteiger charge is -2.06. The van der Waals surface area contributed by atoms with E-state index in [2.05, 4.69) is 15.9 Å². The Balaban J connectivity index is 2.22. The van der Waals surface area contributed by atoms with Crippen LogP contribution in [0.25, 0.3) is 0 Å². The molecule has 0 aromatic heterocycles. The Morgan fingerprint density at radius 1 is 1.38 bits per heavy atom. The van der Waals surface area contributed by atoms with Crippen LogP contribution in [0.4, 0.5) is 0 Å². The number of carbonyl (C=O) groups is 1. The molecule has 0 saturated heterocycles. The third-order valence-electron chi connectivity index (χ3n) is 1.84. The normalized spacial score (nSPS) is 9.88. The van der Waals surface area contributed by atoms with Crippen LogP contribution in [0.2, 0.25) is 0 Å². The van der Waals surface area contributed by atoms with E-state index < -0.39 is 0 Å². The molecule has 0 fully saturated rings. The van der Waals surface area contributed by atoms with Crippen LogP contribution in [0.15, 0.2) is 28.7 Å². The molecule has 0 spiro atoms. The Labute approximate surface area is 104 Å². The molecule has 0 aliphatic heterocycles. The van der Waals surface area contributed by atoms with Gasteiger partial charge in [0.15, 0.2) is 0 Å². The maximum absolute atomic E-state index is 11.1. The predicted molar refractivity (Wildman–Crippen MR) is 65.5 cm³/mol. The molecule has 0 aliphatic carbocycles. The minimum Gasteiger partial charge on any atom is -0.493 e. The van der Waals surface area contributed by atoms with Gasteiger partial charge in [-0.1, -0.05) is 28.9 Å². The van der Waals surface area contributed by atoms with Gasteiger partial charge in [-0.2, -0.15) is 0 Å². The van der Waals surface area contributed by atoms with Crippen LogP contribution in [-0.2, 0) is 9.53 Å². The van der Waals surface area contributed by atoms with Crippen molar-refractivity contribution in [2.75, 3.05) is 13.2 Å². The van der Waals surface area contributed by atoms with Gasteiger partial charge in [0.25, 0.3) is 0 Å². The standard InChI is InChI=1S/C12H15BrO3/c1-2-7-16-12(14)6-8-15-11-5-3-4-10(13)9-11/h3-5,9H,2,6-8H2,1H3. The molecule has 1 aromatic rings. The Morgan fingerprint density at radius 3 is 2.88 bits per heavy atom. The number of benzene rings is 1. The lowest BCUT2D eigenvalue weighted by atomic mass is 10.3. The molecule has 1 aromatic carbocycles. The molecule has 0 aliphatic rings. The fraction of sp³-hybridized carbons (Fsp3) is 0.417. The Bertz CT molecular complexity index is 339. The summed E-state index contributed by atoms with van der Waals surface area (Å²) in [5.41, 5.74) is 0. The molecule has 16 heavy (non-hydrogen) atoms. The number of ether oxygens (including phenoxy) is 2. The second-order valence-corrected chi connectivity index (χ2v) is 4.19. The summed E-state index contributed by atoms with van der Waals surface area (Å²) in [6.45, 7) is 2.79. The zero-order chi connectivity index (χ0) is 11.8. The molecule has 0 unspecified atom stereocenters. The van der Waals surface area contributed by atoms with Crippen LogP contribution in [0.1, 0.15) is 19.8 Å². The van der Waals surface area contributed by atoms with Gasteiger partial charge < -0.3 is 9.47 Å². The van der Waals surface area contributed by atoms with Gasteiger partial charge in [-0.15, -0.1) is 0 Å². The fourth-order valence-corrected chi connectivity index (χ4v) is 1.48. The van der Waals surface area contributed by atoms with Crippen LogP contribution >= 0.6 is 15.9 Å². The van der Waals surface area contributed by atoms with E-state index in [1.165, 1.54) is 0 Å². The molecule has 0 bridgehead atoms. The van der Waals surface area contributed by atoms with Crippen molar-refractivity contribution < 1.29 is 14.3 Å². The van der Waals surface area contributed by atoms with Crippen molar-refractivity contribution in [1.82, 2.24) is 0 Å². The summed E-state index contributed by atoms with van der Waals surface area (Å²) in [6, 6.07) is 7.51. The molecular weight excluding hydrogens is 272 g/mol. The number of rotatable bonds is 6. The zero-order valence-electron chi connectivity index (χ0n) is 9.24. The molecule has 0 amide bonds. The summed E-state index contributed by atoms with van der Waals surface area (Å²) in [5.74, 6) is 0.537. The minimum absolute atomic E-state index is 0.211. The topological polar surface area (TPSA) is 35.5 Å². The Morgan fingerprint density at radius 2 is 2.19 bits per heavy atom. The van der Waals surface area contributed by atoms with E-state index in [4.69, 9.17) is 9.47 Å². The highest BCUT2D eigenvalue weighted by atomic mass is 79.9. The van der Waals surface area contributed by atoms with E-state index in [9.17, 15) is 4.79 Å². The summed E-state index contributed by atoms with van der Waals surface area (Å²) >= 11 is 3.35. The molecule has 0 atom stereocenters. The van der Waals surface area contributed by atoms with E-state index in [1.807, 2.05) is 31.2 Å². The van der Waals surface area contributed by atoms with Crippen LogP contribution < -0.4 is 4.74 Å². The molecule has 0 radical (unpaired) electrons. The Hall–Kier alpha value is -1.03. The van der Waals surface area contributed by atoms with Gasteiger partial charge in [-0.25, -0.2) is 0 Å². The highest BCUT2D eigenvalue weighted by Gasteiger charge is 2.02. The zero-order valence-corrected chi connectivity index (χ0v) is 10.8. The second-order valence-electron chi connectivity index (χ2n) is 3.28. The maximum Gasteiger partial charge on any atom is 0.309 e. The fourth-order valence-electron chi connectivity index (χ4n) is 1.10. The molecule has 0 N–H and O–H groups in total. The third kappa shape index (κ3) is 5.16. The molecular formula is C12H15BrO3. The number of hydrogen-bond acceptors (Lipinski definition) is 3. The minimum atomic E-state index is -0.211. The lowest BCUT2D eigenvalue weighted by molar-refractivity contribution is -0.144. The first-order chi connectivity index (χ1) is 7.72. The molecule has 3 nitrogen and oxygen atoms in total. The first-order valence-electron chi connectivity index (χ1n) is 5.26. The van der Waals surface area contributed by atoms with E-state index in [-0.39, 0.29) is 12.4 Å². The predicted octanol–water partition coefficient (Wildman–Crippen LogP) is 3.17. The van der Waals surface area contributed by atoms with Crippen molar-refractivity contribution in [2.24, 2.45) is 0 Å². The maximum atomic E-state index is 11.1. The molecule has 4 heteroatoms. The first kappa shape index (κ1) is 13.0. The largest absolute Gasteiger partial charge is 0.493 e. The average molecular weight is 287 g/mol. The average Bonchev–Trinajstić information content (AvgIpc) is 2.26. The van der Waals surface area contributed by atoms with E-state index in [0.29, 0.717) is 13.2 Å². The van der Waals surface area contributed by atoms with Crippen LogP contribution in [0.5, 0.6) is 5.75 Å². The van der Waals surface area contributed by atoms with Crippen LogP contribution in [0.3, 0.4) is 0 Å². The van der Waals surface area contributed by atoms with Crippen molar-refractivity contribution in [1.29, 1.82) is 0 Å². The molecule has 88 valence electrons. The van der Waals surface area contributed by atoms with Gasteiger partial charge in [0.1, 0.15) is 5.75 Å². The smallest absolute Gasteiger partial charge is 0.309 e. The van der Waals surface area contributed by atoms with Crippen molar-refractivity contribution in [3.05, 3.63) is 28.7 Å². The van der Waals surface area contributed by atoms with Gasteiger partial charge in [0.05, 0.1) is 19.6 Å². The van der Waals surface area contributed by atoms with Gasteiger partial charge in [-0.05, 0) is 24.6 Å². The van der Waals surface area contributed by atoms with Crippen molar-refractivity contribution in [3.63, 3.8) is 0 Å². The third-order valence-corrected chi connectivity index (χ3v) is 2.33. The van der Waals surface area contributed by atoms with E-state index in [1.54, 1.807) is 0 Å². The van der Waals surface area contributed by atoms with Crippen LogP contribution in [-0.4, -0.2) is 19.2 Å². The van der Waals surface area contributed by atoms with Gasteiger partial charge in [0.2, 0.25) is 0 Å². The highest BCUT2D eigenvalue weighted by molar-refractivity contribution is 9.10. The summed E-state index contributed by atoms with van der Waals surface area (Å²) in [7, 11) is 0. The van der Waals surface area contributed by atoms with E-state index >= 15 is 0 Å². The van der Waals surface area contributed by atoms with Crippen molar-refractivity contribution in [3.8, 4) is 5.75 Å². The summed E-state index contributed by atoms with van der Waals surface area (Å²) < 4.78 is 11.3. The van der Waals surface area contributed by atoms with Gasteiger partial charge >= 0.3 is 5.97 Å². The first-order valence-corrected chi connectivity index (χ1v) is 6.05. The number of carbonyl (C=O) groups excluding carboxylic acids is 1. The molecule has 0 heterocycles. The summed E-state index contributed by atoms with van der Waals surface area (Å²) in [5, 5.41) is 0. The van der Waals surface area contributed by atoms with Crippen LogP contribution in [0, 0.1) is 0 Å². The molecule has 0 saturated carbocycles.